The Labute approximate surface area is 144 Å². The van der Waals surface area contributed by atoms with Crippen LogP contribution in [0.15, 0.2) is 59.4 Å². The first-order valence-corrected chi connectivity index (χ1v) is 8.35. The number of rotatable bonds is 3. The number of pyridine rings is 1. The van der Waals surface area contributed by atoms with Crippen LogP contribution in [0.1, 0.15) is 17.5 Å². The fourth-order valence-corrected chi connectivity index (χ4v) is 3.35. The normalized spacial score (nSPS) is 12.8. The lowest BCUT2D eigenvalue weighted by Gasteiger charge is -2.20. The van der Waals surface area contributed by atoms with E-state index in [1.54, 1.807) is 12.1 Å². The van der Waals surface area contributed by atoms with Gasteiger partial charge < -0.3 is 9.30 Å². The average molecular weight is 334 g/mol. The lowest BCUT2D eigenvalue weighted by Crippen LogP contribution is -2.28. The van der Waals surface area contributed by atoms with Gasteiger partial charge in [0.15, 0.2) is 0 Å². The molecule has 126 valence electrons. The van der Waals surface area contributed by atoms with Gasteiger partial charge in [0.2, 0.25) is 0 Å². The number of carbonyl (C=O) groups is 1. The smallest absolute Gasteiger partial charge is 0.411 e. The number of nitrogens with one attached hydrogen (secondary N) is 1. The number of benzene rings is 2. The van der Waals surface area contributed by atoms with Crippen LogP contribution in [0.25, 0.3) is 10.9 Å². The highest BCUT2D eigenvalue weighted by molar-refractivity contribution is 5.85. The number of anilines is 1. The number of amides is 1. The van der Waals surface area contributed by atoms with E-state index in [0.717, 1.165) is 23.7 Å². The van der Waals surface area contributed by atoms with Crippen LogP contribution < -0.4 is 10.9 Å². The van der Waals surface area contributed by atoms with Crippen LogP contribution in [0.3, 0.4) is 0 Å². The molecule has 2 heterocycles. The first kappa shape index (κ1) is 15.4. The molecule has 0 atom stereocenters. The van der Waals surface area contributed by atoms with E-state index in [0.29, 0.717) is 17.8 Å². The predicted molar refractivity (Wildman–Crippen MR) is 96.8 cm³/mol. The first-order chi connectivity index (χ1) is 12.2. The van der Waals surface area contributed by atoms with Crippen molar-refractivity contribution in [2.75, 3.05) is 5.32 Å². The van der Waals surface area contributed by atoms with Crippen LogP contribution >= 0.6 is 0 Å². The Balaban J connectivity index is 1.57. The van der Waals surface area contributed by atoms with Crippen molar-refractivity contribution in [3.8, 4) is 0 Å². The van der Waals surface area contributed by atoms with Crippen molar-refractivity contribution in [3.05, 3.63) is 76.1 Å². The van der Waals surface area contributed by atoms with Gasteiger partial charge in [-0.2, -0.15) is 0 Å². The third kappa shape index (κ3) is 3.01. The van der Waals surface area contributed by atoms with E-state index < -0.39 is 6.09 Å². The summed E-state index contributed by atoms with van der Waals surface area (Å²) in [5.41, 5.74) is 3.29. The summed E-state index contributed by atoms with van der Waals surface area (Å²) in [6, 6.07) is 17.0. The van der Waals surface area contributed by atoms with Gasteiger partial charge >= 0.3 is 6.09 Å². The molecule has 0 saturated heterocycles. The first-order valence-electron chi connectivity index (χ1n) is 8.35. The van der Waals surface area contributed by atoms with Crippen LogP contribution in [0.5, 0.6) is 0 Å². The Kier molecular flexibility index (Phi) is 3.98. The van der Waals surface area contributed by atoms with Crippen molar-refractivity contribution in [1.82, 2.24) is 4.57 Å². The molecule has 0 fully saturated rings. The van der Waals surface area contributed by atoms with Crippen LogP contribution in [0, 0.1) is 0 Å². The van der Waals surface area contributed by atoms with E-state index >= 15 is 0 Å². The number of hydrogen-bond donors (Lipinski definition) is 1. The molecule has 1 aliphatic heterocycles. The molecule has 2 aromatic carbocycles. The Morgan fingerprint density at radius 3 is 2.80 bits per heavy atom. The molecule has 5 nitrogen and oxygen atoms in total. The summed E-state index contributed by atoms with van der Waals surface area (Å²) >= 11 is 0. The second kappa shape index (κ2) is 6.43. The van der Waals surface area contributed by atoms with E-state index in [1.165, 1.54) is 5.56 Å². The van der Waals surface area contributed by atoms with Gasteiger partial charge in [0.05, 0.1) is 11.1 Å². The maximum atomic E-state index is 12.7. The van der Waals surface area contributed by atoms with Crippen molar-refractivity contribution >= 4 is 22.7 Å². The van der Waals surface area contributed by atoms with Crippen LogP contribution in [0.4, 0.5) is 10.5 Å². The van der Waals surface area contributed by atoms with Crippen LogP contribution in [-0.2, 0) is 24.3 Å². The molecule has 1 amide bonds. The largest absolute Gasteiger partial charge is 0.444 e. The molecule has 25 heavy (non-hydrogen) atoms. The molecular formula is C20H18N2O3. The lowest BCUT2D eigenvalue weighted by molar-refractivity contribution is 0.154. The molecule has 1 aromatic heterocycles. The molecule has 3 aromatic rings. The second-order valence-corrected chi connectivity index (χ2v) is 6.15. The van der Waals surface area contributed by atoms with Crippen molar-refractivity contribution in [2.45, 2.75) is 26.0 Å². The molecule has 0 spiro atoms. The predicted octanol–water partition coefficient (Wildman–Crippen LogP) is 3.70. The van der Waals surface area contributed by atoms with Crippen LogP contribution in [0.2, 0.25) is 0 Å². The van der Waals surface area contributed by atoms with Gasteiger partial charge in [-0.1, -0.05) is 36.4 Å². The third-order valence-electron chi connectivity index (χ3n) is 4.48. The molecule has 5 heteroatoms. The standard InChI is InChI=1S/C20H18N2O3/c23-19-16(13-25-20(24)21-17-9-2-1-3-10-17)12-15-7-4-6-14-8-5-11-22(19)18(14)15/h1-4,6-7,9-10,12H,5,8,11,13H2,(H,21,24). The Morgan fingerprint density at radius 1 is 1.12 bits per heavy atom. The fourth-order valence-electron chi connectivity index (χ4n) is 3.35. The zero-order chi connectivity index (χ0) is 17.2. The van der Waals surface area contributed by atoms with Gasteiger partial charge in [-0.15, -0.1) is 0 Å². The Bertz CT molecular complexity index is 993. The number of aromatic nitrogens is 1. The fraction of sp³-hybridized carbons (Fsp3) is 0.200. The summed E-state index contributed by atoms with van der Waals surface area (Å²) in [5.74, 6) is 0. The van der Waals surface area contributed by atoms with Crippen molar-refractivity contribution in [1.29, 1.82) is 0 Å². The van der Waals surface area contributed by atoms with Crippen molar-refractivity contribution in [2.24, 2.45) is 0 Å². The van der Waals surface area contributed by atoms with Crippen LogP contribution in [-0.4, -0.2) is 10.7 Å². The Morgan fingerprint density at radius 2 is 1.96 bits per heavy atom. The number of hydrogen-bond acceptors (Lipinski definition) is 3. The molecule has 0 saturated carbocycles. The number of ether oxygens (including phenoxy) is 1. The highest BCUT2D eigenvalue weighted by Gasteiger charge is 2.16. The molecular weight excluding hydrogens is 316 g/mol. The van der Waals surface area contributed by atoms with Crippen molar-refractivity contribution < 1.29 is 9.53 Å². The maximum Gasteiger partial charge on any atom is 0.411 e. The summed E-state index contributed by atoms with van der Waals surface area (Å²) in [4.78, 5) is 24.7. The number of para-hydroxylation sites is 2. The highest BCUT2D eigenvalue weighted by Crippen LogP contribution is 2.24. The zero-order valence-corrected chi connectivity index (χ0v) is 13.7. The van der Waals surface area contributed by atoms with Gasteiger partial charge in [-0.05, 0) is 42.0 Å². The minimum absolute atomic E-state index is 0.0440. The number of aryl methyl sites for hydroxylation is 2. The van der Waals surface area contributed by atoms with E-state index in [-0.39, 0.29) is 12.2 Å². The van der Waals surface area contributed by atoms with E-state index in [4.69, 9.17) is 4.74 Å². The van der Waals surface area contributed by atoms with E-state index in [9.17, 15) is 9.59 Å². The Hall–Kier alpha value is -3.08. The number of carbonyl (C=O) groups excluding carboxylic acids is 1. The molecule has 0 unspecified atom stereocenters. The summed E-state index contributed by atoms with van der Waals surface area (Å²) < 4.78 is 7.05. The minimum Gasteiger partial charge on any atom is -0.444 e. The quantitative estimate of drug-likeness (QED) is 0.794. The van der Waals surface area contributed by atoms with Gasteiger partial charge in [0.25, 0.3) is 5.56 Å². The highest BCUT2D eigenvalue weighted by atomic mass is 16.5. The number of nitrogens with zero attached hydrogens (tertiary/aromatic N) is 1. The van der Waals surface area contributed by atoms with Gasteiger partial charge in [-0.3, -0.25) is 10.1 Å². The summed E-state index contributed by atoms with van der Waals surface area (Å²) in [6.45, 7) is 0.661. The lowest BCUT2D eigenvalue weighted by atomic mass is 10.0. The monoisotopic (exact) mass is 334 g/mol. The van der Waals surface area contributed by atoms with E-state index in [1.807, 2.05) is 41.0 Å². The van der Waals surface area contributed by atoms with Gasteiger partial charge in [-0.25, -0.2) is 4.79 Å². The average Bonchev–Trinajstić information content (AvgIpc) is 2.64. The van der Waals surface area contributed by atoms with E-state index in [2.05, 4.69) is 11.4 Å². The SMILES string of the molecule is O=C(Nc1ccccc1)OCc1cc2cccc3c2n(c1=O)CCC3. The summed E-state index contributed by atoms with van der Waals surface area (Å²) in [5, 5.41) is 3.66. The molecule has 0 radical (unpaired) electrons. The van der Waals surface area contributed by atoms with Gasteiger partial charge in [0.1, 0.15) is 6.61 Å². The maximum absolute atomic E-state index is 12.7. The summed E-state index contributed by atoms with van der Waals surface area (Å²) in [6.07, 6.45) is 1.37. The third-order valence-corrected chi connectivity index (χ3v) is 4.48. The van der Waals surface area contributed by atoms with Gasteiger partial charge in [0, 0.05) is 12.2 Å². The molecule has 4 rings (SSSR count). The molecule has 0 aliphatic carbocycles. The molecule has 1 N–H and O–H groups in total. The van der Waals surface area contributed by atoms with Crippen molar-refractivity contribution in [3.63, 3.8) is 0 Å². The topological polar surface area (TPSA) is 60.3 Å². The second-order valence-electron chi connectivity index (χ2n) is 6.15. The zero-order valence-electron chi connectivity index (χ0n) is 13.7. The summed E-state index contributed by atoms with van der Waals surface area (Å²) in [7, 11) is 0. The minimum atomic E-state index is -0.571. The molecule has 1 aliphatic rings. The molecule has 0 bridgehead atoms.